The molecule has 0 unspecified atom stereocenters. The first-order chi connectivity index (χ1) is 8.19. The first-order valence-electron chi connectivity index (χ1n) is 5.33. The van der Waals surface area contributed by atoms with Crippen molar-refractivity contribution in [3.63, 3.8) is 0 Å². The van der Waals surface area contributed by atoms with Crippen LogP contribution in [0.2, 0.25) is 0 Å². The van der Waals surface area contributed by atoms with Gasteiger partial charge in [-0.2, -0.15) is 0 Å². The molecule has 1 N–H and O–H groups in total. The summed E-state index contributed by atoms with van der Waals surface area (Å²) in [6.07, 6.45) is 2.30. The molecule has 4 heteroatoms. The molecule has 0 saturated heterocycles. The lowest BCUT2D eigenvalue weighted by atomic mass is 10.00. The van der Waals surface area contributed by atoms with Crippen molar-refractivity contribution >= 4 is 22.9 Å². The maximum atomic E-state index is 11.1. The molecule has 4 nitrogen and oxygen atoms in total. The lowest BCUT2D eigenvalue weighted by Crippen LogP contribution is -2.08. The Kier molecular flexibility index (Phi) is 2.87. The maximum absolute atomic E-state index is 11.1. The minimum absolute atomic E-state index is 0.0225. The number of rotatable bonds is 3. The third-order valence-electron chi connectivity index (χ3n) is 2.70. The molecule has 0 fully saturated rings. The van der Waals surface area contributed by atoms with E-state index in [1.54, 1.807) is 6.08 Å². The van der Waals surface area contributed by atoms with E-state index in [1.165, 1.54) is 0 Å². The molecule has 1 aromatic carbocycles. The number of aromatic nitrogens is 2. The second-order valence-electron chi connectivity index (χ2n) is 3.63. The fourth-order valence-corrected chi connectivity index (χ4v) is 1.94. The van der Waals surface area contributed by atoms with E-state index < -0.39 is 5.97 Å². The van der Waals surface area contributed by atoms with Gasteiger partial charge >= 0.3 is 5.97 Å². The van der Waals surface area contributed by atoms with E-state index >= 15 is 0 Å². The molecule has 0 spiro atoms. The fourth-order valence-electron chi connectivity index (χ4n) is 1.94. The van der Waals surface area contributed by atoms with Crippen LogP contribution in [0.15, 0.2) is 24.8 Å². The van der Waals surface area contributed by atoms with Crippen LogP contribution in [0.4, 0.5) is 0 Å². The molecule has 1 aromatic heterocycles. The number of carboxylic acids is 1. The largest absolute Gasteiger partial charge is 0.476 e. The van der Waals surface area contributed by atoms with Gasteiger partial charge in [0, 0.05) is 5.39 Å². The van der Waals surface area contributed by atoms with Gasteiger partial charge in [0.05, 0.1) is 5.52 Å². The van der Waals surface area contributed by atoms with Crippen LogP contribution < -0.4 is 0 Å². The molecule has 2 rings (SSSR count). The second-order valence-corrected chi connectivity index (χ2v) is 3.63. The van der Waals surface area contributed by atoms with Crippen LogP contribution >= 0.6 is 0 Å². The van der Waals surface area contributed by atoms with Crippen molar-refractivity contribution in [2.75, 3.05) is 0 Å². The van der Waals surface area contributed by atoms with Gasteiger partial charge in [-0.25, -0.2) is 4.79 Å². The minimum Gasteiger partial charge on any atom is -0.476 e. The minimum atomic E-state index is -1.05. The van der Waals surface area contributed by atoms with Crippen LogP contribution in [0.3, 0.4) is 0 Å². The Hall–Kier alpha value is -2.23. The zero-order chi connectivity index (χ0) is 12.4. The summed E-state index contributed by atoms with van der Waals surface area (Å²) >= 11 is 0. The van der Waals surface area contributed by atoms with Gasteiger partial charge in [0.2, 0.25) is 0 Å². The van der Waals surface area contributed by atoms with Crippen molar-refractivity contribution in [2.24, 2.45) is 0 Å². The lowest BCUT2D eigenvalue weighted by Gasteiger charge is -2.08. The molecule has 17 heavy (non-hydrogen) atoms. The zero-order valence-corrected chi connectivity index (χ0v) is 9.47. The van der Waals surface area contributed by atoms with Gasteiger partial charge in [0.15, 0.2) is 5.69 Å². The van der Waals surface area contributed by atoms with E-state index in [2.05, 4.69) is 16.8 Å². The summed E-state index contributed by atoms with van der Waals surface area (Å²) in [7, 11) is 0. The molecule has 0 amide bonds. The number of carbonyl (C=O) groups is 1. The topological polar surface area (TPSA) is 63.1 Å². The monoisotopic (exact) mass is 228 g/mol. The predicted octanol–water partition coefficient (Wildman–Crippen LogP) is 2.53. The molecule has 2 aromatic rings. The molecule has 86 valence electrons. The summed E-state index contributed by atoms with van der Waals surface area (Å²) in [5.41, 5.74) is 2.31. The average molecular weight is 228 g/mol. The van der Waals surface area contributed by atoms with Crippen molar-refractivity contribution < 1.29 is 9.90 Å². The molecule has 0 bridgehead atoms. The molecule has 0 aliphatic rings. The molecule has 0 aliphatic heterocycles. The van der Waals surface area contributed by atoms with E-state index in [9.17, 15) is 4.79 Å². The second kappa shape index (κ2) is 4.33. The number of carboxylic acid groups (broad SMARTS) is 1. The van der Waals surface area contributed by atoms with Crippen LogP contribution in [-0.2, 0) is 6.42 Å². The maximum Gasteiger partial charge on any atom is 0.356 e. The zero-order valence-electron chi connectivity index (χ0n) is 9.47. The van der Waals surface area contributed by atoms with E-state index in [4.69, 9.17) is 5.11 Å². The third kappa shape index (κ3) is 1.78. The summed E-state index contributed by atoms with van der Waals surface area (Å²) in [5, 5.41) is 17.6. The van der Waals surface area contributed by atoms with Gasteiger partial charge in [-0.1, -0.05) is 31.7 Å². The van der Waals surface area contributed by atoms with E-state index in [-0.39, 0.29) is 5.69 Å². The van der Waals surface area contributed by atoms with Gasteiger partial charge in [0.1, 0.15) is 0 Å². The summed E-state index contributed by atoms with van der Waals surface area (Å²) in [5.74, 6) is -1.05. The van der Waals surface area contributed by atoms with Gasteiger partial charge in [-0.3, -0.25) is 0 Å². The van der Waals surface area contributed by atoms with Crippen molar-refractivity contribution in [3.8, 4) is 0 Å². The fraction of sp³-hybridized carbons (Fsp3) is 0.154. The molecule has 1 heterocycles. The Balaban J connectivity index is 2.92. The highest BCUT2D eigenvalue weighted by Gasteiger charge is 2.16. The van der Waals surface area contributed by atoms with E-state index in [0.717, 1.165) is 10.9 Å². The van der Waals surface area contributed by atoms with Gasteiger partial charge in [-0.15, -0.1) is 10.2 Å². The van der Waals surface area contributed by atoms with Crippen molar-refractivity contribution in [1.82, 2.24) is 10.2 Å². The number of hydrogen-bond donors (Lipinski definition) is 1. The normalized spacial score (nSPS) is 10.4. The van der Waals surface area contributed by atoms with Crippen molar-refractivity contribution in [2.45, 2.75) is 13.3 Å². The number of fused-ring (bicyclic) bond motifs is 1. The van der Waals surface area contributed by atoms with Crippen LogP contribution in [0.25, 0.3) is 17.0 Å². The van der Waals surface area contributed by atoms with Crippen LogP contribution in [-0.4, -0.2) is 21.3 Å². The van der Waals surface area contributed by atoms with Gasteiger partial charge in [0.25, 0.3) is 0 Å². The van der Waals surface area contributed by atoms with Gasteiger partial charge in [-0.05, 0) is 23.6 Å². The number of aromatic carboxylic acids is 1. The predicted molar refractivity (Wildman–Crippen MR) is 66.0 cm³/mol. The molecule has 0 radical (unpaired) electrons. The van der Waals surface area contributed by atoms with Crippen LogP contribution in [0, 0.1) is 0 Å². The first-order valence-corrected chi connectivity index (χ1v) is 5.33. The SMILES string of the molecule is C=Cc1cccc2nnc(C(=O)O)c(CC)c12. The van der Waals surface area contributed by atoms with E-state index in [1.807, 2.05) is 25.1 Å². The Labute approximate surface area is 98.6 Å². The summed E-state index contributed by atoms with van der Waals surface area (Å²) < 4.78 is 0. The number of hydrogen-bond acceptors (Lipinski definition) is 3. The highest BCUT2D eigenvalue weighted by atomic mass is 16.4. The van der Waals surface area contributed by atoms with E-state index in [0.29, 0.717) is 17.5 Å². The highest BCUT2D eigenvalue weighted by molar-refractivity contribution is 5.97. The molecule has 0 atom stereocenters. The molecular formula is C13H12N2O2. The molecule has 0 aliphatic carbocycles. The Morgan fingerprint density at radius 1 is 1.47 bits per heavy atom. The Morgan fingerprint density at radius 2 is 2.24 bits per heavy atom. The Bertz CT molecular complexity index is 606. The van der Waals surface area contributed by atoms with Gasteiger partial charge < -0.3 is 5.11 Å². The highest BCUT2D eigenvalue weighted by Crippen LogP contribution is 2.24. The average Bonchev–Trinajstić information content (AvgIpc) is 2.36. The number of aryl methyl sites for hydroxylation is 1. The first kappa shape index (κ1) is 11.3. The molecule has 0 saturated carbocycles. The summed E-state index contributed by atoms with van der Waals surface area (Å²) in [6, 6.07) is 5.57. The van der Waals surface area contributed by atoms with Crippen molar-refractivity contribution in [3.05, 3.63) is 41.6 Å². The van der Waals surface area contributed by atoms with Crippen LogP contribution in [0.5, 0.6) is 0 Å². The van der Waals surface area contributed by atoms with Crippen LogP contribution in [0.1, 0.15) is 28.5 Å². The summed E-state index contributed by atoms with van der Waals surface area (Å²) in [4.78, 5) is 11.1. The molecular weight excluding hydrogens is 216 g/mol. The smallest absolute Gasteiger partial charge is 0.356 e. The Morgan fingerprint density at radius 3 is 2.82 bits per heavy atom. The lowest BCUT2D eigenvalue weighted by molar-refractivity contribution is 0.0688. The quantitative estimate of drug-likeness (QED) is 0.876. The van der Waals surface area contributed by atoms with Crippen molar-refractivity contribution in [1.29, 1.82) is 0 Å². The third-order valence-corrected chi connectivity index (χ3v) is 2.70. The standard InChI is InChI=1S/C13H12N2O2/c1-3-8-6-5-7-10-11(8)9(4-2)12(13(16)17)15-14-10/h3,5-7H,1,4H2,2H3,(H,16,17). The number of nitrogens with zero attached hydrogens (tertiary/aromatic N) is 2. The number of benzene rings is 1. The summed E-state index contributed by atoms with van der Waals surface area (Å²) in [6.45, 7) is 5.64.